The molecule has 4 heteroatoms. The van der Waals surface area contributed by atoms with Crippen LogP contribution in [0.2, 0.25) is 0 Å². The fraction of sp³-hybridized carbons (Fsp3) is 0.188. The zero-order valence-corrected chi connectivity index (χ0v) is 11.7. The minimum absolute atomic E-state index is 0.00117. The zero-order valence-electron chi connectivity index (χ0n) is 10.8. The fourth-order valence-electron chi connectivity index (χ4n) is 2.50. The van der Waals surface area contributed by atoms with Gasteiger partial charge in [-0.3, -0.25) is 4.79 Å². The van der Waals surface area contributed by atoms with Gasteiger partial charge in [-0.05, 0) is 41.8 Å². The number of thiol groups is 1. The monoisotopic (exact) mass is 287 g/mol. The zero-order chi connectivity index (χ0) is 14.1. The lowest BCUT2D eigenvalue weighted by Crippen LogP contribution is -2.30. The largest absolute Gasteiger partial charge is 0.311 e. The second kappa shape index (κ2) is 5.29. The summed E-state index contributed by atoms with van der Waals surface area (Å²) in [5, 5.41) is 0. The Hall–Kier alpha value is -1.81. The van der Waals surface area contributed by atoms with Gasteiger partial charge in [0.05, 0.1) is 6.42 Å². The number of carbonyl (C=O) groups excluding carboxylic acids is 1. The van der Waals surface area contributed by atoms with E-state index in [9.17, 15) is 9.18 Å². The molecule has 0 unspecified atom stereocenters. The molecule has 0 bridgehead atoms. The number of fused-ring (bicyclic) bond motifs is 1. The van der Waals surface area contributed by atoms with Gasteiger partial charge in [0.15, 0.2) is 0 Å². The lowest BCUT2D eigenvalue weighted by atomic mass is 10.1. The van der Waals surface area contributed by atoms with Crippen LogP contribution in [-0.2, 0) is 17.6 Å². The normalized spacial score (nSPS) is 13.4. The van der Waals surface area contributed by atoms with Crippen molar-refractivity contribution in [1.29, 1.82) is 0 Å². The first-order valence-electron chi connectivity index (χ1n) is 6.50. The number of benzene rings is 2. The molecule has 0 N–H and O–H groups in total. The number of nitrogens with zero attached hydrogens (tertiary/aromatic N) is 1. The lowest BCUT2D eigenvalue weighted by Gasteiger charge is -2.17. The molecule has 0 fully saturated rings. The van der Waals surface area contributed by atoms with Crippen molar-refractivity contribution in [2.45, 2.75) is 17.7 Å². The Balaban J connectivity index is 1.80. The number of amides is 1. The van der Waals surface area contributed by atoms with Gasteiger partial charge in [-0.1, -0.05) is 18.2 Å². The van der Waals surface area contributed by atoms with Crippen molar-refractivity contribution in [2.75, 3.05) is 11.4 Å². The molecule has 2 aromatic rings. The van der Waals surface area contributed by atoms with Gasteiger partial charge in [-0.15, -0.1) is 12.6 Å². The molecule has 1 aliphatic heterocycles. The summed E-state index contributed by atoms with van der Waals surface area (Å²) < 4.78 is 13.3. The molecule has 0 spiro atoms. The van der Waals surface area contributed by atoms with Gasteiger partial charge in [0.1, 0.15) is 5.82 Å². The second-order valence-corrected chi connectivity index (χ2v) is 5.43. The summed E-state index contributed by atoms with van der Waals surface area (Å²) in [5.74, 6) is -0.302. The van der Waals surface area contributed by atoms with Crippen molar-refractivity contribution in [3.05, 3.63) is 59.4 Å². The fourth-order valence-corrected chi connectivity index (χ4v) is 2.64. The van der Waals surface area contributed by atoms with Gasteiger partial charge in [-0.25, -0.2) is 4.39 Å². The molecule has 3 rings (SSSR count). The van der Waals surface area contributed by atoms with Gasteiger partial charge in [0.2, 0.25) is 5.91 Å². The summed E-state index contributed by atoms with van der Waals surface area (Å²) in [6, 6.07) is 12.2. The molecule has 0 aromatic heterocycles. The quantitative estimate of drug-likeness (QED) is 0.841. The minimum atomic E-state index is -0.303. The van der Waals surface area contributed by atoms with E-state index < -0.39 is 0 Å². The summed E-state index contributed by atoms with van der Waals surface area (Å²) >= 11 is 4.22. The molecule has 0 aliphatic carbocycles. The molecule has 2 nitrogen and oxygen atoms in total. The molecule has 20 heavy (non-hydrogen) atoms. The van der Waals surface area contributed by atoms with Crippen molar-refractivity contribution in [1.82, 2.24) is 0 Å². The Morgan fingerprint density at radius 3 is 2.70 bits per heavy atom. The van der Waals surface area contributed by atoms with Crippen molar-refractivity contribution >= 4 is 24.2 Å². The lowest BCUT2D eigenvalue weighted by molar-refractivity contribution is -0.117. The first kappa shape index (κ1) is 13.2. The van der Waals surface area contributed by atoms with Crippen LogP contribution in [0, 0.1) is 5.82 Å². The van der Waals surface area contributed by atoms with E-state index in [0.29, 0.717) is 18.7 Å². The molecule has 0 saturated carbocycles. The van der Waals surface area contributed by atoms with Crippen LogP contribution in [0.4, 0.5) is 10.1 Å². The number of rotatable bonds is 2. The maximum Gasteiger partial charge on any atom is 0.231 e. The van der Waals surface area contributed by atoms with Crippen LogP contribution in [-0.4, -0.2) is 12.5 Å². The van der Waals surface area contributed by atoms with Crippen LogP contribution >= 0.6 is 12.6 Å². The van der Waals surface area contributed by atoms with Crippen molar-refractivity contribution in [3.8, 4) is 0 Å². The third-order valence-corrected chi connectivity index (χ3v) is 3.83. The predicted molar refractivity (Wildman–Crippen MR) is 79.9 cm³/mol. The number of halogens is 1. The van der Waals surface area contributed by atoms with E-state index in [4.69, 9.17) is 0 Å². The van der Waals surface area contributed by atoms with Gasteiger partial charge >= 0.3 is 0 Å². The highest BCUT2D eigenvalue weighted by atomic mass is 32.1. The highest BCUT2D eigenvalue weighted by Gasteiger charge is 2.24. The predicted octanol–water partition coefficient (Wildman–Crippen LogP) is 3.25. The summed E-state index contributed by atoms with van der Waals surface area (Å²) in [7, 11) is 0. The topological polar surface area (TPSA) is 20.3 Å². The Morgan fingerprint density at radius 1 is 1.20 bits per heavy atom. The molecule has 102 valence electrons. The Morgan fingerprint density at radius 2 is 1.95 bits per heavy atom. The SMILES string of the molecule is O=C(Cc1ccc(S)cc1)N1CCc2ccc(F)cc21. The van der Waals surface area contributed by atoms with Crippen LogP contribution in [0.1, 0.15) is 11.1 Å². The first-order chi connectivity index (χ1) is 9.63. The van der Waals surface area contributed by atoms with Crippen molar-refractivity contribution < 1.29 is 9.18 Å². The van der Waals surface area contributed by atoms with Crippen LogP contribution in [0.3, 0.4) is 0 Å². The van der Waals surface area contributed by atoms with Crippen molar-refractivity contribution in [2.24, 2.45) is 0 Å². The molecule has 0 radical (unpaired) electrons. The van der Waals surface area contributed by atoms with Gasteiger partial charge < -0.3 is 4.90 Å². The smallest absolute Gasteiger partial charge is 0.231 e. The number of carbonyl (C=O) groups is 1. The van der Waals surface area contributed by atoms with Crippen LogP contribution in [0.25, 0.3) is 0 Å². The number of anilines is 1. The molecule has 1 aliphatic rings. The summed E-state index contributed by atoms with van der Waals surface area (Å²) in [6.07, 6.45) is 1.11. The maximum atomic E-state index is 13.3. The molecule has 2 aromatic carbocycles. The van der Waals surface area contributed by atoms with E-state index in [-0.39, 0.29) is 11.7 Å². The Kier molecular flexibility index (Phi) is 3.49. The Labute approximate surface area is 122 Å². The second-order valence-electron chi connectivity index (χ2n) is 4.91. The third-order valence-electron chi connectivity index (χ3n) is 3.54. The van der Waals surface area contributed by atoms with Crippen molar-refractivity contribution in [3.63, 3.8) is 0 Å². The third kappa shape index (κ3) is 2.56. The van der Waals surface area contributed by atoms with Gasteiger partial charge in [0, 0.05) is 17.1 Å². The molecular formula is C16H14FNOS. The Bertz CT molecular complexity index is 654. The standard InChI is InChI=1S/C16H14FNOS/c17-13-4-3-12-7-8-18(15(12)10-13)16(19)9-11-1-5-14(20)6-2-11/h1-6,10,20H,7-9H2. The first-order valence-corrected chi connectivity index (χ1v) is 6.95. The van der Waals surface area contributed by atoms with Gasteiger partial charge in [0.25, 0.3) is 0 Å². The van der Waals surface area contributed by atoms with E-state index in [1.54, 1.807) is 11.0 Å². The average molecular weight is 287 g/mol. The highest BCUT2D eigenvalue weighted by molar-refractivity contribution is 7.80. The average Bonchev–Trinajstić information content (AvgIpc) is 2.84. The van der Waals surface area contributed by atoms with E-state index in [0.717, 1.165) is 22.4 Å². The molecule has 1 heterocycles. The maximum absolute atomic E-state index is 13.3. The minimum Gasteiger partial charge on any atom is -0.311 e. The summed E-state index contributed by atoms with van der Waals surface area (Å²) in [4.78, 5) is 14.9. The molecule has 0 saturated heterocycles. The van der Waals surface area contributed by atoms with E-state index >= 15 is 0 Å². The van der Waals surface area contributed by atoms with E-state index in [1.165, 1.54) is 12.1 Å². The van der Waals surface area contributed by atoms with Crippen LogP contribution in [0.5, 0.6) is 0 Å². The number of hydrogen-bond donors (Lipinski definition) is 1. The molecular weight excluding hydrogens is 273 g/mol. The molecule has 1 amide bonds. The molecule has 0 atom stereocenters. The van der Waals surface area contributed by atoms with E-state index in [1.807, 2.05) is 24.3 Å². The van der Waals surface area contributed by atoms with Crippen LogP contribution < -0.4 is 4.90 Å². The summed E-state index contributed by atoms with van der Waals surface area (Å²) in [6.45, 7) is 0.627. The van der Waals surface area contributed by atoms with Gasteiger partial charge in [-0.2, -0.15) is 0 Å². The number of hydrogen-bond acceptors (Lipinski definition) is 2. The summed E-state index contributed by atoms with van der Waals surface area (Å²) in [5.41, 5.74) is 2.68. The van der Waals surface area contributed by atoms with E-state index in [2.05, 4.69) is 12.6 Å². The highest BCUT2D eigenvalue weighted by Crippen LogP contribution is 2.29. The van der Waals surface area contributed by atoms with Crippen LogP contribution in [0.15, 0.2) is 47.4 Å².